The first-order valence-electron chi connectivity index (χ1n) is 8.92. The Morgan fingerprint density at radius 1 is 0.769 bits per heavy atom. The van der Waals surface area contributed by atoms with E-state index >= 15 is 0 Å². The Balaban J connectivity index is 1.78. The Morgan fingerprint density at radius 3 is 1.73 bits per heavy atom. The van der Waals surface area contributed by atoms with E-state index < -0.39 is 11.4 Å². The van der Waals surface area contributed by atoms with Crippen LogP contribution in [0.2, 0.25) is 0 Å². The number of aliphatic hydroxyl groups excluding tert-OH is 1. The summed E-state index contributed by atoms with van der Waals surface area (Å²) in [6.45, 7) is 0. The minimum absolute atomic E-state index is 0.517. The molecule has 1 aromatic heterocycles. The summed E-state index contributed by atoms with van der Waals surface area (Å²) in [4.78, 5) is 4.41. The van der Waals surface area contributed by atoms with Crippen LogP contribution in [0.15, 0.2) is 85.1 Å². The molecule has 1 heterocycles. The number of hydrogen-bond acceptors (Lipinski definition) is 2. The van der Waals surface area contributed by atoms with Crippen LogP contribution in [0, 0.1) is 0 Å². The number of aliphatic hydroxyl groups is 1. The second-order valence-electron chi connectivity index (χ2n) is 6.50. The third-order valence-electron chi connectivity index (χ3n) is 4.64. The van der Waals surface area contributed by atoms with Gasteiger partial charge in [-0.25, -0.2) is 0 Å². The summed E-state index contributed by atoms with van der Waals surface area (Å²) in [6, 6.07) is 26.8. The number of pyridine rings is 1. The van der Waals surface area contributed by atoms with E-state index in [0.717, 1.165) is 30.9 Å². The van der Waals surface area contributed by atoms with Gasteiger partial charge < -0.3 is 0 Å². The third kappa shape index (κ3) is 5.25. The molecule has 3 aromatic rings. The van der Waals surface area contributed by atoms with Gasteiger partial charge in [0.15, 0.2) is 0 Å². The standard InChI is InChI=1S/C22H24NOPSe/c24-22(21-13-7-8-16-23-21)25(26,17-14-19-9-3-1-4-10-19)18-15-20-11-5-2-6-12-20/h1-13,16,22,24H,14-15,17-18H2. The van der Waals surface area contributed by atoms with Crippen molar-refractivity contribution in [1.29, 1.82) is 0 Å². The van der Waals surface area contributed by atoms with Gasteiger partial charge in [0.2, 0.25) is 0 Å². The van der Waals surface area contributed by atoms with Crippen LogP contribution in [-0.2, 0) is 12.8 Å². The molecule has 2 aromatic carbocycles. The molecule has 0 aliphatic carbocycles. The van der Waals surface area contributed by atoms with Crippen molar-refractivity contribution in [1.82, 2.24) is 4.98 Å². The van der Waals surface area contributed by atoms with Crippen molar-refractivity contribution in [3.8, 4) is 0 Å². The number of hydrogen-bond donors (Lipinski definition) is 1. The zero-order chi connectivity index (χ0) is 18.2. The van der Waals surface area contributed by atoms with E-state index in [-0.39, 0.29) is 0 Å². The molecule has 4 heteroatoms. The van der Waals surface area contributed by atoms with Crippen LogP contribution in [0.25, 0.3) is 0 Å². The van der Waals surface area contributed by atoms with Crippen molar-refractivity contribution in [2.45, 2.75) is 18.7 Å². The molecule has 26 heavy (non-hydrogen) atoms. The van der Waals surface area contributed by atoms with E-state index in [0.29, 0.717) is 0 Å². The van der Waals surface area contributed by atoms with Gasteiger partial charge in [0.05, 0.1) is 0 Å². The van der Waals surface area contributed by atoms with Crippen molar-refractivity contribution in [3.63, 3.8) is 0 Å². The quantitative estimate of drug-likeness (QED) is 0.418. The Labute approximate surface area is 163 Å². The summed E-state index contributed by atoms with van der Waals surface area (Å²) in [7, 11) is 0. The molecule has 1 unspecified atom stereocenters. The normalized spacial score (nSPS) is 12.7. The summed E-state index contributed by atoms with van der Waals surface area (Å²) in [6.07, 6.45) is 5.65. The predicted molar refractivity (Wildman–Crippen MR) is 112 cm³/mol. The summed E-state index contributed by atoms with van der Waals surface area (Å²) < 4.78 is 0. The van der Waals surface area contributed by atoms with Crippen molar-refractivity contribution in [2.75, 3.05) is 12.3 Å². The fraction of sp³-hybridized carbons (Fsp3) is 0.227. The van der Waals surface area contributed by atoms with Crippen LogP contribution in [0.3, 0.4) is 0 Å². The molecule has 1 atom stereocenters. The van der Waals surface area contributed by atoms with Crippen LogP contribution in [-0.4, -0.2) is 37.5 Å². The van der Waals surface area contributed by atoms with Crippen molar-refractivity contribution in [3.05, 3.63) is 102 Å². The fourth-order valence-electron chi connectivity index (χ4n) is 3.05. The van der Waals surface area contributed by atoms with Gasteiger partial charge in [-0.05, 0) is 0 Å². The monoisotopic (exact) mass is 429 g/mol. The molecule has 0 bridgehead atoms. The number of benzene rings is 2. The second kappa shape index (κ2) is 9.44. The first-order chi connectivity index (χ1) is 12.7. The molecular formula is C22H24NOPSe. The maximum absolute atomic E-state index is 11.2. The molecule has 134 valence electrons. The van der Waals surface area contributed by atoms with Gasteiger partial charge in [-0.2, -0.15) is 0 Å². The fourth-order valence-corrected chi connectivity index (χ4v) is 7.50. The van der Waals surface area contributed by atoms with E-state index in [2.05, 4.69) is 68.6 Å². The number of nitrogens with zero attached hydrogens (tertiary/aromatic N) is 1. The molecular weight excluding hydrogens is 404 g/mol. The van der Waals surface area contributed by atoms with E-state index in [1.54, 1.807) is 6.20 Å². The van der Waals surface area contributed by atoms with Crippen LogP contribution < -0.4 is 0 Å². The molecule has 0 fully saturated rings. The SMILES string of the molecule is OC(c1ccccn1)P(=[Se])(CCc1ccccc1)CCc1ccccc1. The Morgan fingerprint density at radius 2 is 1.27 bits per heavy atom. The van der Waals surface area contributed by atoms with Crippen molar-refractivity contribution >= 4 is 20.6 Å². The van der Waals surface area contributed by atoms with E-state index in [1.807, 2.05) is 30.3 Å². The van der Waals surface area contributed by atoms with Crippen LogP contribution in [0.5, 0.6) is 0 Å². The molecule has 0 spiro atoms. The van der Waals surface area contributed by atoms with Gasteiger partial charge in [0.25, 0.3) is 0 Å². The van der Waals surface area contributed by atoms with Gasteiger partial charge in [-0.3, -0.25) is 0 Å². The van der Waals surface area contributed by atoms with Crippen molar-refractivity contribution in [2.24, 2.45) is 0 Å². The first kappa shape index (κ1) is 19.3. The third-order valence-corrected chi connectivity index (χ3v) is 11.3. The average molecular weight is 428 g/mol. The Hall–Kier alpha value is -1.50. The number of aromatic nitrogens is 1. The van der Waals surface area contributed by atoms with Gasteiger partial charge in [-0.1, -0.05) is 0 Å². The number of rotatable bonds is 8. The van der Waals surface area contributed by atoms with Gasteiger partial charge in [0, 0.05) is 0 Å². The minimum atomic E-state index is -1.75. The van der Waals surface area contributed by atoms with Gasteiger partial charge in [-0.15, -0.1) is 0 Å². The summed E-state index contributed by atoms with van der Waals surface area (Å²) in [5, 5.41) is 11.2. The molecule has 0 saturated carbocycles. The van der Waals surface area contributed by atoms with Gasteiger partial charge >= 0.3 is 164 Å². The molecule has 0 amide bonds. The summed E-state index contributed by atoms with van der Waals surface area (Å²) in [5.41, 5.74) is 1.67. The first-order valence-corrected chi connectivity index (χ1v) is 13.4. The maximum atomic E-state index is 11.2. The van der Waals surface area contributed by atoms with Gasteiger partial charge in [0.1, 0.15) is 0 Å². The molecule has 3 rings (SSSR count). The zero-order valence-electron chi connectivity index (χ0n) is 14.7. The molecule has 0 aliphatic heterocycles. The van der Waals surface area contributed by atoms with Crippen LogP contribution >= 0.6 is 5.51 Å². The van der Waals surface area contributed by atoms with Crippen LogP contribution in [0.4, 0.5) is 0 Å². The Bertz CT molecular complexity index is 792. The number of aryl methyl sites for hydroxylation is 2. The van der Waals surface area contributed by atoms with E-state index in [9.17, 15) is 5.11 Å². The molecule has 0 radical (unpaired) electrons. The topological polar surface area (TPSA) is 33.1 Å². The average Bonchev–Trinajstić information content (AvgIpc) is 2.72. The zero-order valence-corrected chi connectivity index (χ0v) is 17.3. The van der Waals surface area contributed by atoms with E-state index in [4.69, 9.17) is 0 Å². The molecule has 1 N–H and O–H groups in total. The second-order valence-corrected chi connectivity index (χ2v) is 14.4. The van der Waals surface area contributed by atoms with Crippen molar-refractivity contribution < 1.29 is 5.11 Å². The molecule has 2 nitrogen and oxygen atoms in total. The summed E-state index contributed by atoms with van der Waals surface area (Å²) in [5.74, 6) is -0.517. The molecule has 0 saturated heterocycles. The van der Waals surface area contributed by atoms with Crippen LogP contribution in [0.1, 0.15) is 22.7 Å². The summed E-state index contributed by atoms with van der Waals surface area (Å²) >= 11 is 3.45. The van der Waals surface area contributed by atoms with E-state index in [1.165, 1.54) is 11.1 Å². The predicted octanol–water partition coefficient (Wildman–Crippen LogP) is 4.66. The Kier molecular flexibility index (Phi) is 6.99. The molecule has 0 aliphatic rings.